The van der Waals surface area contributed by atoms with Crippen molar-refractivity contribution in [2.45, 2.75) is 13.5 Å². The molecule has 4 heteroatoms. The molecule has 14 heavy (non-hydrogen) atoms. The minimum Gasteiger partial charge on any atom is -0.392 e. The van der Waals surface area contributed by atoms with E-state index in [0.29, 0.717) is 0 Å². The molecule has 0 amide bonds. The van der Waals surface area contributed by atoms with Gasteiger partial charge in [0.1, 0.15) is 0 Å². The van der Waals surface area contributed by atoms with Crippen molar-refractivity contribution in [2.24, 2.45) is 0 Å². The Bertz CT molecular complexity index is 419. The van der Waals surface area contributed by atoms with Crippen LogP contribution in [0.4, 0.5) is 0 Å². The average Bonchev–Trinajstić information content (AvgIpc) is 2.67. The highest BCUT2D eigenvalue weighted by Gasteiger charge is 2.00. The third-order valence-electron chi connectivity index (χ3n) is 1.95. The van der Waals surface area contributed by atoms with Gasteiger partial charge in [-0.25, -0.2) is 9.67 Å². The van der Waals surface area contributed by atoms with Crippen molar-refractivity contribution < 1.29 is 5.11 Å². The van der Waals surface area contributed by atoms with Crippen LogP contribution >= 0.6 is 0 Å². The van der Waals surface area contributed by atoms with Crippen LogP contribution in [-0.2, 0) is 6.61 Å². The molecule has 0 aliphatic heterocycles. The Morgan fingerprint density at radius 2 is 2.21 bits per heavy atom. The van der Waals surface area contributed by atoms with Gasteiger partial charge in [-0.05, 0) is 18.6 Å². The SMILES string of the molecule is Cc1ccc(-n2cc(CO)cn2)nc1. The van der Waals surface area contributed by atoms with Gasteiger partial charge in [0.15, 0.2) is 5.82 Å². The highest BCUT2D eigenvalue weighted by molar-refractivity contribution is 5.24. The van der Waals surface area contributed by atoms with E-state index in [4.69, 9.17) is 5.11 Å². The van der Waals surface area contributed by atoms with E-state index in [9.17, 15) is 0 Å². The monoisotopic (exact) mass is 189 g/mol. The molecule has 2 aromatic rings. The summed E-state index contributed by atoms with van der Waals surface area (Å²) in [5, 5.41) is 12.9. The maximum Gasteiger partial charge on any atom is 0.153 e. The van der Waals surface area contributed by atoms with Crippen molar-refractivity contribution in [1.82, 2.24) is 14.8 Å². The zero-order valence-electron chi connectivity index (χ0n) is 7.88. The lowest BCUT2D eigenvalue weighted by Crippen LogP contribution is -1.97. The van der Waals surface area contributed by atoms with Crippen LogP contribution in [0.2, 0.25) is 0 Å². The van der Waals surface area contributed by atoms with Crippen LogP contribution in [0.3, 0.4) is 0 Å². The minimum atomic E-state index is 0.00581. The zero-order valence-corrected chi connectivity index (χ0v) is 7.88. The zero-order chi connectivity index (χ0) is 9.97. The normalized spacial score (nSPS) is 10.4. The fourth-order valence-corrected chi connectivity index (χ4v) is 1.16. The van der Waals surface area contributed by atoms with E-state index < -0.39 is 0 Å². The van der Waals surface area contributed by atoms with Crippen molar-refractivity contribution in [3.63, 3.8) is 0 Å². The molecule has 0 spiro atoms. The molecule has 0 saturated carbocycles. The standard InChI is InChI=1S/C10H11N3O/c1-8-2-3-10(11-4-8)13-6-9(7-14)5-12-13/h2-6,14H,7H2,1H3. The topological polar surface area (TPSA) is 50.9 Å². The molecule has 4 nitrogen and oxygen atoms in total. The van der Waals surface area contributed by atoms with E-state index >= 15 is 0 Å². The van der Waals surface area contributed by atoms with Gasteiger partial charge < -0.3 is 5.11 Å². The number of nitrogens with zero attached hydrogens (tertiary/aromatic N) is 3. The quantitative estimate of drug-likeness (QED) is 0.768. The summed E-state index contributed by atoms with van der Waals surface area (Å²) in [4.78, 5) is 4.21. The first-order chi connectivity index (χ1) is 6.79. The summed E-state index contributed by atoms with van der Waals surface area (Å²) < 4.78 is 1.64. The van der Waals surface area contributed by atoms with Gasteiger partial charge >= 0.3 is 0 Å². The number of aromatic nitrogens is 3. The number of hydrogen-bond acceptors (Lipinski definition) is 3. The summed E-state index contributed by atoms with van der Waals surface area (Å²) in [6.45, 7) is 1.99. The molecule has 2 aromatic heterocycles. The van der Waals surface area contributed by atoms with Gasteiger partial charge in [0.2, 0.25) is 0 Å². The molecule has 0 aliphatic rings. The fourth-order valence-electron chi connectivity index (χ4n) is 1.16. The van der Waals surface area contributed by atoms with E-state index in [0.717, 1.165) is 16.9 Å². The number of hydrogen-bond donors (Lipinski definition) is 1. The van der Waals surface area contributed by atoms with Crippen LogP contribution < -0.4 is 0 Å². The second-order valence-electron chi connectivity index (χ2n) is 3.15. The Balaban J connectivity index is 2.34. The van der Waals surface area contributed by atoms with Crippen LogP contribution in [0, 0.1) is 6.92 Å². The first-order valence-electron chi connectivity index (χ1n) is 4.37. The van der Waals surface area contributed by atoms with Gasteiger partial charge in [-0.1, -0.05) is 6.07 Å². The number of rotatable bonds is 2. The molecule has 0 radical (unpaired) electrons. The fraction of sp³-hybridized carbons (Fsp3) is 0.200. The molecular formula is C10H11N3O. The van der Waals surface area contributed by atoms with Gasteiger partial charge in [0.05, 0.1) is 12.8 Å². The average molecular weight is 189 g/mol. The second-order valence-corrected chi connectivity index (χ2v) is 3.15. The van der Waals surface area contributed by atoms with E-state index in [2.05, 4.69) is 10.1 Å². The number of aliphatic hydroxyl groups is 1. The minimum absolute atomic E-state index is 0.00581. The third kappa shape index (κ3) is 1.65. The maximum absolute atomic E-state index is 8.87. The second kappa shape index (κ2) is 3.59. The first kappa shape index (κ1) is 8.90. The molecule has 0 aliphatic carbocycles. The van der Waals surface area contributed by atoms with Crippen molar-refractivity contribution in [3.8, 4) is 5.82 Å². The van der Waals surface area contributed by atoms with E-state index in [-0.39, 0.29) is 6.61 Å². The summed E-state index contributed by atoms with van der Waals surface area (Å²) in [5.41, 5.74) is 1.90. The van der Waals surface area contributed by atoms with Crippen LogP contribution in [0.1, 0.15) is 11.1 Å². The predicted octanol–water partition coefficient (Wildman–Crippen LogP) is 1.07. The van der Waals surface area contributed by atoms with Crippen molar-refractivity contribution in [1.29, 1.82) is 0 Å². The van der Waals surface area contributed by atoms with Gasteiger partial charge in [-0.2, -0.15) is 5.10 Å². The smallest absolute Gasteiger partial charge is 0.153 e. The molecule has 2 heterocycles. The Morgan fingerprint density at radius 1 is 1.36 bits per heavy atom. The van der Waals surface area contributed by atoms with Crippen LogP contribution in [-0.4, -0.2) is 19.9 Å². The molecule has 0 saturated heterocycles. The predicted molar refractivity (Wildman–Crippen MR) is 52.0 cm³/mol. The molecule has 0 atom stereocenters. The molecule has 0 unspecified atom stereocenters. The lowest BCUT2D eigenvalue weighted by Gasteiger charge is -1.99. The summed E-state index contributed by atoms with van der Waals surface area (Å²) >= 11 is 0. The van der Waals surface area contributed by atoms with Crippen molar-refractivity contribution in [3.05, 3.63) is 41.9 Å². The van der Waals surface area contributed by atoms with Crippen LogP contribution in [0.25, 0.3) is 5.82 Å². The number of pyridine rings is 1. The molecule has 0 aromatic carbocycles. The summed E-state index contributed by atoms with van der Waals surface area (Å²) in [6.07, 6.45) is 5.18. The Morgan fingerprint density at radius 3 is 2.79 bits per heavy atom. The lowest BCUT2D eigenvalue weighted by atomic mass is 10.3. The van der Waals surface area contributed by atoms with Crippen molar-refractivity contribution >= 4 is 0 Å². The molecule has 2 rings (SSSR count). The summed E-state index contributed by atoms with van der Waals surface area (Å²) in [5.74, 6) is 0.760. The highest BCUT2D eigenvalue weighted by atomic mass is 16.3. The lowest BCUT2D eigenvalue weighted by molar-refractivity contribution is 0.282. The molecule has 0 bridgehead atoms. The van der Waals surface area contributed by atoms with Crippen molar-refractivity contribution in [2.75, 3.05) is 0 Å². The van der Waals surface area contributed by atoms with Gasteiger partial charge in [0, 0.05) is 18.0 Å². The van der Waals surface area contributed by atoms with E-state index in [1.54, 1.807) is 23.3 Å². The molecule has 1 N–H and O–H groups in total. The number of aryl methyl sites for hydroxylation is 1. The Labute approximate surface area is 81.8 Å². The summed E-state index contributed by atoms with van der Waals surface area (Å²) in [6, 6.07) is 3.87. The molecule has 0 fully saturated rings. The van der Waals surface area contributed by atoms with E-state index in [1.807, 2.05) is 19.1 Å². The Hall–Kier alpha value is -1.68. The maximum atomic E-state index is 8.87. The highest BCUT2D eigenvalue weighted by Crippen LogP contribution is 2.06. The van der Waals surface area contributed by atoms with E-state index in [1.165, 1.54) is 0 Å². The molecule has 72 valence electrons. The Kier molecular flexibility index (Phi) is 2.28. The van der Waals surface area contributed by atoms with Crippen LogP contribution in [0.15, 0.2) is 30.7 Å². The first-order valence-corrected chi connectivity index (χ1v) is 4.37. The number of aliphatic hydroxyl groups excluding tert-OH is 1. The molecular weight excluding hydrogens is 178 g/mol. The largest absolute Gasteiger partial charge is 0.392 e. The van der Waals surface area contributed by atoms with Gasteiger partial charge in [0.25, 0.3) is 0 Å². The summed E-state index contributed by atoms with van der Waals surface area (Å²) in [7, 11) is 0. The van der Waals surface area contributed by atoms with Gasteiger partial charge in [-0.15, -0.1) is 0 Å². The third-order valence-corrected chi connectivity index (χ3v) is 1.95. The van der Waals surface area contributed by atoms with Gasteiger partial charge in [-0.3, -0.25) is 0 Å². The van der Waals surface area contributed by atoms with Crippen LogP contribution in [0.5, 0.6) is 0 Å².